The van der Waals surface area contributed by atoms with Crippen LogP contribution in [0.4, 0.5) is 0 Å². The van der Waals surface area contributed by atoms with Crippen LogP contribution in [0.15, 0.2) is 0 Å². The first-order valence-electron chi connectivity index (χ1n) is 3.82. The Labute approximate surface area is 74.7 Å². The zero-order chi connectivity index (χ0) is 10.0. The highest BCUT2D eigenvalue weighted by Gasteiger charge is 2.46. The molecule has 0 amide bonds. The molecule has 1 aliphatic heterocycles. The number of hydrogen-bond acceptors (Lipinski definition) is 6. The van der Waals surface area contributed by atoms with E-state index in [2.05, 4.69) is 4.74 Å². The fourth-order valence-electron chi connectivity index (χ4n) is 1.20. The molecule has 0 saturated carbocycles. The fraction of sp³-hybridized carbons (Fsp3) is 0.857. The van der Waals surface area contributed by atoms with Crippen LogP contribution in [0.5, 0.6) is 0 Å². The number of hydrogen-bond donors (Lipinski definition) is 3. The lowest BCUT2D eigenvalue weighted by molar-refractivity contribution is -0.152. The molecule has 6 heteroatoms. The SMILES string of the molecule is CO[C@H](CO)[C@H]1OC(=O)[C@H](O)[C@H]1O. The van der Waals surface area contributed by atoms with Crippen LogP contribution in [0.25, 0.3) is 0 Å². The van der Waals surface area contributed by atoms with Gasteiger partial charge in [-0.15, -0.1) is 0 Å². The highest BCUT2D eigenvalue weighted by molar-refractivity contribution is 5.77. The Morgan fingerprint density at radius 1 is 1.62 bits per heavy atom. The zero-order valence-corrected chi connectivity index (χ0v) is 7.08. The van der Waals surface area contributed by atoms with Gasteiger partial charge in [0.1, 0.15) is 12.2 Å². The molecule has 1 fully saturated rings. The van der Waals surface area contributed by atoms with E-state index < -0.39 is 37.0 Å². The maximum absolute atomic E-state index is 10.8. The van der Waals surface area contributed by atoms with Gasteiger partial charge in [0.2, 0.25) is 0 Å². The Kier molecular flexibility index (Phi) is 3.21. The van der Waals surface area contributed by atoms with Crippen molar-refractivity contribution in [2.24, 2.45) is 0 Å². The second-order valence-electron chi connectivity index (χ2n) is 2.79. The number of aliphatic hydroxyl groups is 3. The number of aliphatic hydroxyl groups excluding tert-OH is 3. The largest absolute Gasteiger partial charge is 0.455 e. The molecule has 1 aliphatic rings. The van der Waals surface area contributed by atoms with E-state index in [1.165, 1.54) is 7.11 Å². The van der Waals surface area contributed by atoms with Crippen molar-refractivity contribution < 1.29 is 29.6 Å². The summed E-state index contributed by atoms with van der Waals surface area (Å²) in [5, 5.41) is 27.1. The summed E-state index contributed by atoms with van der Waals surface area (Å²) in [6.45, 7) is -0.391. The molecule has 0 unspecified atom stereocenters. The van der Waals surface area contributed by atoms with Crippen LogP contribution >= 0.6 is 0 Å². The molecule has 0 aromatic rings. The molecule has 6 nitrogen and oxygen atoms in total. The minimum Gasteiger partial charge on any atom is -0.455 e. The Morgan fingerprint density at radius 3 is 2.54 bits per heavy atom. The van der Waals surface area contributed by atoms with Gasteiger partial charge < -0.3 is 24.8 Å². The molecule has 0 aliphatic carbocycles. The van der Waals surface area contributed by atoms with Crippen molar-refractivity contribution in [3.8, 4) is 0 Å². The molecular formula is C7H12O6. The van der Waals surface area contributed by atoms with E-state index in [4.69, 9.17) is 14.9 Å². The summed E-state index contributed by atoms with van der Waals surface area (Å²) in [7, 11) is 1.31. The second kappa shape index (κ2) is 4.01. The van der Waals surface area contributed by atoms with Gasteiger partial charge in [0.15, 0.2) is 12.2 Å². The van der Waals surface area contributed by atoms with Crippen LogP contribution in [-0.4, -0.2) is 59.4 Å². The van der Waals surface area contributed by atoms with Crippen molar-refractivity contribution in [1.29, 1.82) is 0 Å². The van der Waals surface area contributed by atoms with E-state index in [1.54, 1.807) is 0 Å². The van der Waals surface area contributed by atoms with Gasteiger partial charge in [-0.05, 0) is 0 Å². The zero-order valence-electron chi connectivity index (χ0n) is 7.08. The predicted octanol–water partition coefficient (Wildman–Crippen LogP) is -2.36. The van der Waals surface area contributed by atoms with Gasteiger partial charge in [-0.25, -0.2) is 4.79 Å². The first-order valence-corrected chi connectivity index (χ1v) is 3.82. The number of methoxy groups -OCH3 is 1. The van der Waals surface area contributed by atoms with Crippen LogP contribution in [0, 0.1) is 0 Å². The van der Waals surface area contributed by atoms with E-state index in [1.807, 2.05) is 0 Å². The summed E-state index contributed by atoms with van der Waals surface area (Å²) in [6, 6.07) is 0. The standard InChI is InChI=1S/C7H12O6/c1-12-3(2-8)6-4(9)5(10)7(11)13-6/h3-6,8-10H,2H2,1H3/t3-,4-,5-,6-/m1/s1. The number of carbonyl (C=O) groups excluding carboxylic acids is 1. The molecule has 0 radical (unpaired) electrons. The maximum atomic E-state index is 10.8. The monoisotopic (exact) mass is 192 g/mol. The first kappa shape index (κ1) is 10.4. The summed E-state index contributed by atoms with van der Waals surface area (Å²) in [6.07, 6.45) is -4.70. The van der Waals surface area contributed by atoms with E-state index in [-0.39, 0.29) is 0 Å². The van der Waals surface area contributed by atoms with Crippen LogP contribution < -0.4 is 0 Å². The smallest absolute Gasteiger partial charge is 0.338 e. The molecule has 1 rings (SSSR count). The molecule has 1 heterocycles. The van der Waals surface area contributed by atoms with Crippen LogP contribution in [0.3, 0.4) is 0 Å². The van der Waals surface area contributed by atoms with Crippen molar-refractivity contribution >= 4 is 5.97 Å². The molecule has 4 atom stereocenters. The normalized spacial score (nSPS) is 36.0. The quantitative estimate of drug-likeness (QED) is 0.433. The summed E-state index contributed by atoms with van der Waals surface area (Å²) < 4.78 is 9.36. The van der Waals surface area contributed by atoms with E-state index in [0.717, 1.165) is 0 Å². The molecule has 0 aromatic heterocycles. The Morgan fingerprint density at radius 2 is 2.23 bits per heavy atom. The van der Waals surface area contributed by atoms with Crippen LogP contribution in [0.2, 0.25) is 0 Å². The highest BCUT2D eigenvalue weighted by Crippen LogP contribution is 2.20. The van der Waals surface area contributed by atoms with E-state index >= 15 is 0 Å². The molecule has 1 saturated heterocycles. The van der Waals surface area contributed by atoms with Crippen molar-refractivity contribution in [1.82, 2.24) is 0 Å². The van der Waals surface area contributed by atoms with Crippen molar-refractivity contribution in [3.63, 3.8) is 0 Å². The lowest BCUT2D eigenvalue weighted by atomic mass is 10.1. The van der Waals surface area contributed by atoms with Gasteiger partial charge in [0.05, 0.1) is 6.61 Å². The average molecular weight is 192 g/mol. The Hall–Kier alpha value is -0.690. The summed E-state index contributed by atoms with van der Waals surface area (Å²) in [4.78, 5) is 10.8. The number of esters is 1. The number of rotatable bonds is 3. The van der Waals surface area contributed by atoms with Gasteiger partial charge in [0.25, 0.3) is 0 Å². The number of ether oxygens (including phenoxy) is 2. The molecular weight excluding hydrogens is 180 g/mol. The van der Waals surface area contributed by atoms with E-state index in [0.29, 0.717) is 0 Å². The van der Waals surface area contributed by atoms with Crippen LogP contribution in [0.1, 0.15) is 0 Å². The van der Waals surface area contributed by atoms with Gasteiger partial charge in [0, 0.05) is 7.11 Å². The molecule has 0 aromatic carbocycles. The fourth-order valence-corrected chi connectivity index (χ4v) is 1.20. The van der Waals surface area contributed by atoms with Gasteiger partial charge in [-0.3, -0.25) is 0 Å². The van der Waals surface area contributed by atoms with Crippen molar-refractivity contribution in [2.75, 3.05) is 13.7 Å². The van der Waals surface area contributed by atoms with Gasteiger partial charge in [-0.2, -0.15) is 0 Å². The van der Waals surface area contributed by atoms with Crippen molar-refractivity contribution in [3.05, 3.63) is 0 Å². The molecule has 3 N–H and O–H groups in total. The van der Waals surface area contributed by atoms with E-state index in [9.17, 15) is 9.90 Å². The average Bonchev–Trinajstić information content (AvgIpc) is 2.36. The highest BCUT2D eigenvalue weighted by atomic mass is 16.6. The maximum Gasteiger partial charge on any atom is 0.338 e. The third kappa shape index (κ3) is 1.80. The number of cyclic esters (lactones) is 1. The Bertz CT molecular complexity index is 189. The minimum absolute atomic E-state index is 0.391. The minimum atomic E-state index is -1.55. The third-order valence-electron chi connectivity index (χ3n) is 2.00. The summed E-state index contributed by atoms with van der Waals surface area (Å²) >= 11 is 0. The molecule has 13 heavy (non-hydrogen) atoms. The lowest BCUT2D eigenvalue weighted by Gasteiger charge is -2.21. The lowest BCUT2D eigenvalue weighted by Crippen LogP contribution is -2.41. The molecule has 0 bridgehead atoms. The summed E-state index contributed by atoms with van der Waals surface area (Å²) in [5.41, 5.74) is 0. The Balaban J connectivity index is 2.66. The van der Waals surface area contributed by atoms with Crippen molar-refractivity contribution in [2.45, 2.75) is 24.4 Å². The van der Waals surface area contributed by atoms with Crippen LogP contribution in [-0.2, 0) is 14.3 Å². The predicted molar refractivity (Wildman–Crippen MR) is 39.8 cm³/mol. The van der Waals surface area contributed by atoms with Gasteiger partial charge >= 0.3 is 5.97 Å². The van der Waals surface area contributed by atoms with Gasteiger partial charge in [-0.1, -0.05) is 0 Å². The number of carbonyl (C=O) groups is 1. The molecule has 0 spiro atoms. The topological polar surface area (TPSA) is 96.2 Å². The summed E-state index contributed by atoms with van der Waals surface area (Å²) in [5.74, 6) is -0.895. The molecule has 76 valence electrons. The second-order valence-corrected chi connectivity index (χ2v) is 2.79. The first-order chi connectivity index (χ1) is 6.11. The third-order valence-corrected chi connectivity index (χ3v) is 2.00.